The van der Waals surface area contributed by atoms with Crippen LogP contribution >= 0.6 is 0 Å². The van der Waals surface area contributed by atoms with Crippen LogP contribution in [0, 0.1) is 0 Å². The fourth-order valence-electron chi connectivity index (χ4n) is 3.18. The van der Waals surface area contributed by atoms with Gasteiger partial charge < -0.3 is 10.0 Å². The molecule has 0 aromatic heterocycles. The molecule has 1 aliphatic heterocycles. The number of carbonyl (C=O) groups is 1. The van der Waals surface area contributed by atoms with Crippen molar-refractivity contribution in [3.8, 4) is 11.1 Å². The summed E-state index contributed by atoms with van der Waals surface area (Å²) in [6.07, 6.45) is 3.56. The van der Waals surface area contributed by atoms with Crippen molar-refractivity contribution in [2.24, 2.45) is 0 Å². The van der Waals surface area contributed by atoms with E-state index < -0.39 is 5.97 Å². The maximum Gasteiger partial charge on any atom is 0.328 e. The summed E-state index contributed by atoms with van der Waals surface area (Å²) in [5, 5.41) is 8.91. The van der Waals surface area contributed by atoms with E-state index in [2.05, 4.69) is 42.3 Å². The molecule has 0 saturated carbocycles. The number of rotatable bonds is 3. The summed E-state index contributed by atoms with van der Waals surface area (Å²) < 4.78 is 0. The van der Waals surface area contributed by atoms with Gasteiger partial charge in [0.25, 0.3) is 0 Å². The summed E-state index contributed by atoms with van der Waals surface area (Å²) in [6, 6.07) is 14.7. The van der Waals surface area contributed by atoms with Gasteiger partial charge in [-0.15, -0.1) is 0 Å². The van der Waals surface area contributed by atoms with Crippen LogP contribution in [0.3, 0.4) is 0 Å². The molecule has 0 fully saturated rings. The van der Waals surface area contributed by atoms with E-state index in [4.69, 9.17) is 5.11 Å². The van der Waals surface area contributed by atoms with Crippen molar-refractivity contribution in [2.75, 3.05) is 18.5 Å². The lowest BCUT2D eigenvalue weighted by molar-refractivity contribution is -0.131. The van der Waals surface area contributed by atoms with Crippen LogP contribution in [-0.4, -0.2) is 24.7 Å². The number of carboxylic acids is 1. The highest BCUT2D eigenvalue weighted by Crippen LogP contribution is 2.31. The van der Waals surface area contributed by atoms with E-state index in [9.17, 15) is 4.79 Å². The molecule has 118 valence electrons. The van der Waals surface area contributed by atoms with E-state index in [0.717, 1.165) is 29.7 Å². The van der Waals surface area contributed by atoms with Gasteiger partial charge in [-0.25, -0.2) is 4.79 Å². The molecule has 1 aliphatic rings. The molecule has 1 heterocycles. The first kappa shape index (κ1) is 15.3. The Hall–Kier alpha value is -2.55. The fourth-order valence-corrected chi connectivity index (χ4v) is 3.18. The van der Waals surface area contributed by atoms with Crippen LogP contribution < -0.4 is 4.90 Å². The number of anilines is 1. The molecule has 0 amide bonds. The van der Waals surface area contributed by atoms with E-state index >= 15 is 0 Å². The molecular weight excluding hydrogens is 286 g/mol. The Morgan fingerprint density at radius 1 is 1.17 bits per heavy atom. The van der Waals surface area contributed by atoms with Crippen molar-refractivity contribution < 1.29 is 9.90 Å². The quantitative estimate of drug-likeness (QED) is 0.863. The zero-order valence-corrected chi connectivity index (χ0v) is 13.5. The average Bonchev–Trinajstić information content (AvgIpc) is 2.54. The Morgan fingerprint density at radius 2 is 1.96 bits per heavy atom. The van der Waals surface area contributed by atoms with Crippen molar-refractivity contribution in [1.29, 1.82) is 0 Å². The van der Waals surface area contributed by atoms with E-state index in [-0.39, 0.29) is 0 Å². The lowest BCUT2D eigenvalue weighted by atomic mass is 9.95. The molecule has 0 radical (unpaired) electrons. The molecule has 3 heteroatoms. The molecule has 3 rings (SSSR count). The molecule has 23 heavy (non-hydrogen) atoms. The van der Waals surface area contributed by atoms with E-state index in [1.807, 2.05) is 19.1 Å². The zero-order valence-electron chi connectivity index (χ0n) is 13.5. The predicted octanol–water partition coefficient (Wildman–Crippen LogP) is 4.22. The average molecular weight is 307 g/mol. The van der Waals surface area contributed by atoms with Gasteiger partial charge >= 0.3 is 5.97 Å². The highest BCUT2D eigenvalue weighted by molar-refractivity contribution is 5.90. The van der Waals surface area contributed by atoms with Crippen molar-refractivity contribution >= 4 is 17.2 Å². The van der Waals surface area contributed by atoms with Crippen molar-refractivity contribution in [3.05, 3.63) is 59.7 Å². The molecule has 0 saturated heterocycles. The Morgan fingerprint density at radius 3 is 2.74 bits per heavy atom. The van der Waals surface area contributed by atoms with E-state index in [0.29, 0.717) is 0 Å². The molecule has 1 N–H and O–H groups in total. The van der Waals surface area contributed by atoms with Gasteiger partial charge in [0.15, 0.2) is 0 Å². The number of hydrogen-bond donors (Lipinski definition) is 1. The molecule has 0 aliphatic carbocycles. The van der Waals surface area contributed by atoms with Crippen molar-refractivity contribution in [3.63, 3.8) is 0 Å². The summed E-state index contributed by atoms with van der Waals surface area (Å²) in [7, 11) is 2.14. The number of hydrogen-bond acceptors (Lipinski definition) is 2. The number of allylic oxidation sites excluding steroid dienone is 1. The summed E-state index contributed by atoms with van der Waals surface area (Å²) >= 11 is 0. The first-order valence-corrected chi connectivity index (χ1v) is 7.91. The highest BCUT2D eigenvalue weighted by atomic mass is 16.4. The van der Waals surface area contributed by atoms with Gasteiger partial charge in [-0.2, -0.15) is 0 Å². The Labute approximate surface area is 136 Å². The topological polar surface area (TPSA) is 40.5 Å². The second-order valence-corrected chi connectivity index (χ2v) is 6.11. The maximum absolute atomic E-state index is 10.8. The van der Waals surface area contributed by atoms with Gasteiger partial charge in [-0.1, -0.05) is 24.3 Å². The molecule has 2 aromatic carbocycles. The number of fused-ring (bicyclic) bond motifs is 1. The molecule has 0 spiro atoms. The Kier molecular flexibility index (Phi) is 4.20. The van der Waals surface area contributed by atoms with Crippen LogP contribution in [0.25, 0.3) is 16.7 Å². The third-order valence-electron chi connectivity index (χ3n) is 4.42. The van der Waals surface area contributed by atoms with Crippen LogP contribution in [-0.2, 0) is 11.2 Å². The molecule has 0 atom stereocenters. The first-order chi connectivity index (χ1) is 11.0. The summed E-state index contributed by atoms with van der Waals surface area (Å²) in [4.78, 5) is 13.2. The van der Waals surface area contributed by atoms with Gasteiger partial charge in [0.2, 0.25) is 0 Å². The lowest BCUT2D eigenvalue weighted by Gasteiger charge is -2.27. The smallest absolute Gasteiger partial charge is 0.328 e. The minimum Gasteiger partial charge on any atom is -0.478 e. The molecule has 0 unspecified atom stereocenters. The van der Waals surface area contributed by atoms with Gasteiger partial charge in [-0.05, 0) is 65.8 Å². The van der Waals surface area contributed by atoms with Crippen LogP contribution in [0.15, 0.2) is 48.5 Å². The summed E-state index contributed by atoms with van der Waals surface area (Å²) in [5.74, 6) is -0.912. The lowest BCUT2D eigenvalue weighted by Crippen LogP contribution is -2.24. The SMILES string of the molecule is C/C(=C\C(=O)O)c1cccc(-c2ccc3c(c2)CCCN3C)c1. The third kappa shape index (κ3) is 3.29. The zero-order chi connectivity index (χ0) is 16.4. The number of benzene rings is 2. The van der Waals surface area contributed by atoms with Crippen molar-refractivity contribution in [1.82, 2.24) is 0 Å². The van der Waals surface area contributed by atoms with Gasteiger partial charge in [0, 0.05) is 25.4 Å². The van der Waals surface area contributed by atoms with Gasteiger partial charge in [0.05, 0.1) is 0 Å². The maximum atomic E-state index is 10.8. The molecular formula is C20H21NO2. The molecule has 2 aromatic rings. The minimum absolute atomic E-state index is 0.761. The first-order valence-electron chi connectivity index (χ1n) is 7.91. The Balaban J connectivity index is 1.98. The Bertz CT molecular complexity index is 777. The van der Waals surface area contributed by atoms with Crippen LogP contribution in [0.1, 0.15) is 24.5 Å². The minimum atomic E-state index is -0.912. The summed E-state index contributed by atoms with van der Waals surface area (Å²) in [6.45, 7) is 2.94. The van der Waals surface area contributed by atoms with Crippen LogP contribution in [0.4, 0.5) is 5.69 Å². The number of carboxylic acid groups (broad SMARTS) is 1. The second-order valence-electron chi connectivity index (χ2n) is 6.11. The predicted molar refractivity (Wildman–Crippen MR) is 94.8 cm³/mol. The number of aliphatic carboxylic acids is 1. The number of aryl methyl sites for hydroxylation is 1. The second kappa shape index (κ2) is 6.29. The molecule has 3 nitrogen and oxygen atoms in total. The van der Waals surface area contributed by atoms with Crippen LogP contribution in [0.5, 0.6) is 0 Å². The van der Waals surface area contributed by atoms with Crippen molar-refractivity contribution in [2.45, 2.75) is 19.8 Å². The van der Waals surface area contributed by atoms with Gasteiger partial charge in [0.1, 0.15) is 0 Å². The standard InChI is InChI=1S/C20H21NO2/c1-14(11-20(22)23)15-5-3-6-16(12-15)17-8-9-19-18(13-17)7-4-10-21(19)2/h3,5-6,8-9,11-13H,4,7,10H2,1-2H3,(H,22,23)/b14-11+. The largest absolute Gasteiger partial charge is 0.478 e. The monoisotopic (exact) mass is 307 g/mol. The summed E-state index contributed by atoms with van der Waals surface area (Å²) in [5.41, 5.74) is 6.72. The van der Waals surface area contributed by atoms with Crippen LogP contribution in [0.2, 0.25) is 0 Å². The van der Waals surface area contributed by atoms with E-state index in [1.165, 1.54) is 29.3 Å². The number of nitrogens with zero attached hydrogens (tertiary/aromatic N) is 1. The fraction of sp³-hybridized carbons (Fsp3) is 0.250. The van der Waals surface area contributed by atoms with E-state index in [1.54, 1.807) is 0 Å². The highest BCUT2D eigenvalue weighted by Gasteiger charge is 2.14. The third-order valence-corrected chi connectivity index (χ3v) is 4.42. The van der Waals surface area contributed by atoms with Gasteiger partial charge in [-0.3, -0.25) is 0 Å². The molecule has 0 bridgehead atoms. The normalized spacial score (nSPS) is 14.5.